The van der Waals surface area contributed by atoms with Gasteiger partial charge in [-0.3, -0.25) is 0 Å². The third-order valence-electron chi connectivity index (χ3n) is 14.2. The number of hydrogen-bond acceptors (Lipinski definition) is 6. The quantitative estimate of drug-likeness (QED) is 0.165. The molecule has 0 bridgehead atoms. The highest BCUT2D eigenvalue weighted by Crippen LogP contribution is 2.50. The maximum Gasteiger partial charge on any atom is 0.166 e. The molecule has 0 aliphatic carbocycles. The van der Waals surface area contributed by atoms with Gasteiger partial charge >= 0.3 is 0 Å². The summed E-state index contributed by atoms with van der Waals surface area (Å²) in [6.07, 6.45) is 0. The van der Waals surface area contributed by atoms with Gasteiger partial charge in [0.05, 0.1) is 55.8 Å². The first kappa shape index (κ1) is 39.9. The first-order chi connectivity index (χ1) is 35.7. The lowest BCUT2D eigenvalue weighted by Crippen LogP contribution is -2.11. The van der Waals surface area contributed by atoms with Crippen LogP contribution in [0.5, 0.6) is 0 Å². The minimum Gasteiger partial charge on any atom is -0.456 e. The van der Waals surface area contributed by atoms with E-state index in [0.717, 1.165) is 121 Å². The van der Waals surface area contributed by atoms with Gasteiger partial charge in [-0.15, -0.1) is 0 Å². The molecule has 72 heavy (non-hydrogen) atoms. The van der Waals surface area contributed by atoms with Gasteiger partial charge in [-0.2, -0.15) is 5.26 Å². The van der Waals surface area contributed by atoms with E-state index in [9.17, 15) is 5.26 Å². The zero-order valence-corrected chi connectivity index (χ0v) is 38.3. The van der Waals surface area contributed by atoms with Crippen LogP contribution in [0.25, 0.3) is 144 Å². The van der Waals surface area contributed by atoms with E-state index in [1.165, 1.54) is 0 Å². The Balaban J connectivity index is 1.25. The fraction of sp³-hybridized carbons (Fsp3) is 0. The molecule has 0 unspecified atom stereocenters. The van der Waals surface area contributed by atoms with Gasteiger partial charge in [-0.1, -0.05) is 164 Å². The van der Waals surface area contributed by atoms with E-state index in [0.29, 0.717) is 28.6 Å². The molecule has 0 amide bonds. The second-order valence-electron chi connectivity index (χ2n) is 18.1. The molecule has 0 atom stereocenters. The summed E-state index contributed by atoms with van der Waals surface area (Å²) in [5.74, 6) is 1.42. The van der Waals surface area contributed by atoms with Crippen molar-refractivity contribution >= 4 is 87.5 Å². The number of rotatable bonds is 6. The molecule has 334 valence electrons. The van der Waals surface area contributed by atoms with E-state index in [4.69, 9.17) is 23.8 Å². The van der Waals surface area contributed by atoms with E-state index < -0.39 is 0 Å². The molecule has 8 heteroatoms. The lowest BCUT2D eigenvalue weighted by atomic mass is 9.92. The number of para-hydroxylation sites is 4. The van der Waals surface area contributed by atoms with E-state index in [2.05, 4.69) is 124 Å². The number of nitrogens with zero attached hydrogens (tertiary/aromatic N) is 6. The zero-order valence-electron chi connectivity index (χ0n) is 38.3. The summed E-state index contributed by atoms with van der Waals surface area (Å²) in [5.41, 5.74) is 12.8. The largest absolute Gasteiger partial charge is 0.456 e. The average molecular weight is 921 g/mol. The summed E-state index contributed by atoms with van der Waals surface area (Å²) in [4.78, 5) is 16.1. The summed E-state index contributed by atoms with van der Waals surface area (Å²) in [6.45, 7) is 0. The predicted octanol–water partition coefficient (Wildman–Crippen LogP) is 16.4. The summed E-state index contributed by atoms with van der Waals surface area (Å²) in [6, 6.07) is 77.1. The smallest absolute Gasteiger partial charge is 0.166 e. The Labute approximate surface area is 410 Å². The van der Waals surface area contributed by atoms with Gasteiger partial charge in [0.25, 0.3) is 0 Å². The number of hydrogen-bond donors (Lipinski definition) is 0. The SMILES string of the molecule is N#Cc1cc(-c2nc(-c3ccccc3)nc(-c3ccccc3)n2)c(-n2c3ccccc3c3ccc4oc5ccccc5c4c32)c(-n2c3ccccc3c3ccc4oc5ccccc5c4c32)c1-c1ccccc1. The second kappa shape index (κ2) is 15.5. The van der Waals surface area contributed by atoms with Crippen LogP contribution in [0.1, 0.15) is 5.56 Å². The number of furan rings is 2. The molecule has 5 aromatic heterocycles. The molecule has 15 rings (SSSR count). The molecular formula is C64H36N6O2. The minimum absolute atomic E-state index is 0.407. The Morgan fingerprint density at radius 3 is 1.28 bits per heavy atom. The van der Waals surface area contributed by atoms with Gasteiger partial charge in [-0.05, 0) is 60.2 Å². The van der Waals surface area contributed by atoms with Gasteiger partial charge < -0.3 is 18.0 Å². The first-order valence-corrected chi connectivity index (χ1v) is 23.9. The number of nitriles is 1. The Bertz CT molecular complexity index is 4690. The highest BCUT2D eigenvalue weighted by molar-refractivity contribution is 6.27. The Hall–Kier alpha value is -10.1. The Kier molecular flexibility index (Phi) is 8.55. The molecule has 15 aromatic rings. The molecule has 10 aromatic carbocycles. The number of aromatic nitrogens is 5. The fourth-order valence-corrected chi connectivity index (χ4v) is 11.2. The lowest BCUT2D eigenvalue weighted by molar-refractivity contribution is 0.669. The van der Waals surface area contributed by atoms with E-state index in [1.54, 1.807) is 0 Å². The van der Waals surface area contributed by atoms with Gasteiger partial charge in [-0.25, -0.2) is 15.0 Å². The molecule has 0 fully saturated rings. The van der Waals surface area contributed by atoms with Crippen molar-refractivity contribution in [3.05, 3.63) is 224 Å². The van der Waals surface area contributed by atoms with Crippen LogP contribution in [0.3, 0.4) is 0 Å². The molecule has 0 spiro atoms. The van der Waals surface area contributed by atoms with Crippen molar-refractivity contribution in [1.29, 1.82) is 5.26 Å². The fourth-order valence-electron chi connectivity index (χ4n) is 11.2. The normalized spacial score (nSPS) is 11.9. The topological polar surface area (TPSA) is 98.6 Å². The molecule has 0 saturated heterocycles. The Morgan fingerprint density at radius 2 is 0.778 bits per heavy atom. The van der Waals surface area contributed by atoms with Gasteiger partial charge in [0, 0.05) is 54.6 Å². The third-order valence-corrected chi connectivity index (χ3v) is 14.2. The van der Waals surface area contributed by atoms with E-state index in [1.807, 2.05) is 109 Å². The van der Waals surface area contributed by atoms with Crippen LogP contribution in [0.15, 0.2) is 227 Å². The monoisotopic (exact) mass is 920 g/mol. The third kappa shape index (κ3) is 5.76. The van der Waals surface area contributed by atoms with Crippen molar-refractivity contribution < 1.29 is 8.83 Å². The van der Waals surface area contributed by atoms with Crippen LogP contribution >= 0.6 is 0 Å². The molecule has 8 nitrogen and oxygen atoms in total. The van der Waals surface area contributed by atoms with Crippen molar-refractivity contribution in [2.45, 2.75) is 0 Å². The van der Waals surface area contributed by atoms with Crippen LogP contribution in [-0.2, 0) is 0 Å². The highest BCUT2D eigenvalue weighted by atomic mass is 16.3. The minimum atomic E-state index is 0.407. The summed E-state index contributed by atoms with van der Waals surface area (Å²) >= 11 is 0. The summed E-state index contributed by atoms with van der Waals surface area (Å²) < 4.78 is 18.2. The van der Waals surface area contributed by atoms with Crippen LogP contribution in [0, 0.1) is 11.3 Å². The van der Waals surface area contributed by atoms with Gasteiger partial charge in [0.15, 0.2) is 17.5 Å². The Morgan fingerprint density at radius 1 is 0.361 bits per heavy atom. The molecule has 0 radical (unpaired) electrons. The van der Waals surface area contributed by atoms with Crippen molar-refractivity contribution in [1.82, 2.24) is 24.1 Å². The van der Waals surface area contributed by atoms with Crippen LogP contribution < -0.4 is 0 Å². The average Bonchev–Trinajstić information content (AvgIpc) is 4.21. The highest BCUT2D eigenvalue weighted by Gasteiger charge is 2.32. The molecule has 5 heterocycles. The molecule has 0 aliphatic heterocycles. The predicted molar refractivity (Wildman–Crippen MR) is 290 cm³/mol. The summed E-state index contributed by atoms with van der Waals surface area (Å²) in [5, 5.41) is 19.9. The zero-order chi connectivity index (χ0) is 47.4. The van der Waals surface area contributed by atoms with E-state index in [-0.39, 0.29) is 0 Å². The van der Waals surface area contributed by atoms with Crippen molar-refractivity contribution in [2.24, 2.45) is 0 Å². The first-order valence-electron chi connectivity index (χ1n) is 23.9. The molecule has 0 aliphatic rings. The van der Waals surface area contributed by atoms with E-state index >= 15 is 0 Å². The van der Waals surface area contributed by atoms with Crippen LogP contribution in [0.2, 0.25) is 0 Å². The summed E-state index contributed by atoms with van der Waals surface area (Å²) in [7, 11) is 0. The van der Waals surface area contributed by atoms with Crippen molar-refractivity contribution in [3.63, 3.8) is 0 Å². The lowest BCUT2D eigenvalue weighted by Gasteiger charge is -2.25. The molecule has 0 saturated carbocycles. The second-order valence-corrected chi connectivity index (χ2v) is 18.1. The van der Waals surface area contributed by atoms with Gasteiger partial charge in [0.2, 0.25) is 0 Å². The maximum absolute atomic E-state index is 11.8. The number of benzene rings is 10. The van der Waals surface area contributed by atoms with Gasteiger partial charge in [0.1, 0.15) is 22.3 Å². The van der Waals surface area contributed by atoms with Crippen molar-refractivity contribution in [2.75, 3.05) is 0 Å². The van der Waals surface area contributed by atoms with Crippen molar-refractivity contribution in [3.8, 4) is 62.7 Å². The standard InChI is InChI=1S/C64H36N6O2/c65-37-41-36-48(64-67-62(39-20-6-2-7-21-39)66-63(68-64)40-22-8-3-9-23-40)60(69-49-28-14-10-24-42(49)44-32-34-53-56(58(44)69)46-26-12-16-30-51(46)71-53)61(55(41)38-18-4-1-5-19-38)70-50-29-15-11-25-43(50)45-33-35-54-57(59(45)70)47-27-13-17-31-52(47)72-54/h1-36H. The molecule has 0 N–H and O–H groups in total. The van der Waals surface area contributed by atoms with Crippen LogP contribution in [0.4, 0.5) is 0 Å². The number of fused-ring (bicyclic) bond motifs is 14. The molecular weight excluding hydrogens is 885 g/mol. The van der Waals surface area contributed by atoms with Crippen LogP contribution in [-0.4, -0.2) is 24.1 Å². The maximum atomic E-state index is 11.8.